The maximum Gasteiger partial charge on any atom is 0.220 e. The average Bonchev–Trinajstić information content (AvgIpc) is 2.34. The van der Waals surface area contributed by atoms with Crippen LogP contribution in [0.3, 0.4) is 0 Å². The van der Waals surface area contributed by atoms with E-state index >= 15 is 0 Å². The minimum atomic E-state index is -0.356. The number of rotatable bonds is 7. The van der Waals surface area contributed by atoms with E-state index in [0.29, 0.717) is 25.8 Å². The summed E-state index contributed by atoms with van der Waals surface area (Å²) in [5.41, 5.74) is 7.48. The van der Waals surface area contributed by atoms with Crippen LogP contribution in [0.1, 0.15) is 39.2 Å². The van der Waals surface area contributed by atoms with Crippen molar-refractivity contribution in [1.29, 1.82) is 0 Å². The van der Waals surface area contributed by atoms with Gasteiger partial charge in [0.2, 0.25) is 5.91 Å². The summed E-state index contributed by atoms with van der Waals surface area (Å²) in [5.74, 6) is 0.0203. The second-order valence-electron chi connectivity index (χ2n) is 6.19. The third-order valence-electron chi connectivity index (χ3n) is 3.29. The molecule has 1 atom stereocenters. The molecule has 0 saturated heterocycles. The Hall–Kier alpha value is -1.55. The zero-order valence-corrected chi connectivity index (χ0v) is 12.6. The molecule has 4 N–H and O–H groups in total. The van der Waals surface area contributed by atoms with Gasteiger partial charge in [-0.15, -0.1) is 0 Å². The van der Waals surface area contributed by atoms with Crippen LogP contribution in [0.15, 0.2) is 24.3 Å². The number of aryl methyl sites for hydroxylation is 1. The molecule has 4 heteroatoms. The number of nitrogen functional groups attached to an aromatic ring is 1. The number of amides is 1. The minimum absolute atomic E-state index is 0.0203. The van der Waals surface area contributed by atoms with Crippen LogP contribution in [0, 0.1) is 5.41 Å². The average molecular weight is 278 g/mol. The van der Waals surface area contributed by atoms with Crippen molar-refractivity contribution in [3.8, 4) is 0 Å². The first-order valence-electron chi connectivity index (χ1n) is 7.08. The van der Waals surface area contributed by atoms with E-state index in [2.05, 4.69) is 5.32 Å². The van der Waals surface area contributed by atoms with E-state index in [-0.39, 0.29) is 17.4 Å². The smallest absolute Gasteiger partial charge is 0.220 e. The van der Waals surface area contributed by atoms with Crippen molar-refractivity contribution in [3.63, 3.8) is 0 Å². The number of nitrogens with two attached hydrogens (primary N) is 1. The Morgan fingerprint density at radius 3 is 2.65 bits per heavy atom. The predicted octanol–water partition coefficient (Wildman–Crippen LogP) is 2.11. The summed E-state index contributed by atoms with van der Waals surface area (Å²) in [4.78, 5) is 11.8. The van der Waals surface area contributed by atoms with Crippen LogP contribution in [0.5, 0.6) is 0 Å². The fraction of sp³-hybridized carbons (Fsp3) is 0.562. The lowest BCUT2D eigenvalue weighted by atomic mass is 9.87. The monoisotopic (exact) mass is 278 g/mol. The summed E-state index contributed by atoms with van der Waals surface area (Å²) in [5, 5.41) is 12.3. The van der Waals surface area contributed by atoms with E-state index in [1.54, 1.807) is 6.92 Å². The highest BCUT2D eigenvalue weighted by Crippen LogP contribution is 2.21. The summed E-state index contributed by atoms with van der Waals surface area (Å²) in [6, 6.07) is 7.60. The molecule has 4 nitrogen and oxygen atoms in total. The second-order valence-corrected chi connectivity index (χ2v) is 6.19. The Kier molecular flexibility index (Phi) is 6.02. The highest BCUT2D eigenvalue weighted by atomic mass is 16.3. The van der Waals surface area contributed by atoms with Gasteiger partial charge in [-0.2, -0.15) is 0 Å². The number of nitrogens with one attached hydrogen (secondary N) is 1. The summed E-state index contributed by atoms with van der Waals surface area (Å²) in [7, 11) is 0. The standard InChI is InChI=1S/C16H26N2O2/c1-12(19)10-16(2,3)11-18-15(20)9-8-13-6-4-5-7-14(13)17/h4-7,12,19H,8-11,17H2,1-3H3,(H,18,20). The van der Waals surface area contributed by atoms with E-state index < -0.39 is 0 Å². The molecular weight excluding hydrogens is 252 g/mol. The number of anilines is 1. The molecule has 1 aromatic rings. The summed E-state index contributed by atoms with van der Waals surface area (Å²) in [6.45, 7) is 6.41. The Bertz CT molecular complexity index is 442. The van der Waals surface area contributed by atoms with Gasteiger partial charge in [-0.05, 0) is 36.8 Å². The van der Waals surface area contributed by atoms with Crippen molar-refractivity contribution in [3.05, 3.63) is 29.8 Å². The van der Waals surface area contributed by atoms with Gasteiger partial charge in [-0.3, -0.25) is 4.79 Å². The molecule has 0 aliphatic rings. The van der Waals surface area contributed by atoms with Crippen LogP contribution in [0.25, 0.3) is 0 Å². The Balaban J connectivity index is 2.36. The molecular formula is C16H26N2O2. The lowest BCUT2D eigenvalue weighted by Gasteiger charge is -2.26. The van der Waals surface area contributed by atoms with Gasteiger partial charge in [0.15, 0.2) is 0 Å². The van der Waals surface area contributed by atoms with Crippen LogP contribution >= 0.6 is 0 Å². The van der Waals surface area contributed by atoms with E-state index in [0.717, 1.165) is 11.3 Å². The second kappa shape index (κ2) is 7.29. The molecule has 1 rings (SSSR count). The number of aliphatic hydroxyl groups excluding tert-OH is 1. The van der Waals surface area contributed by atoms with Crippen molar-refractivity contribution >= 4 is 11.6 Å². The van der Waals surface area contributed by atoms with Gasteiger partial charge in [0, 0.05) is 18.7 Å². The van der Waals surface area contributed by atoms with Crippen LogP contribution in [0.4, 0.5) is 5.69 Å². The fourth-order valence-electron chi connectivity index (χ4n) is 2.31. The molecule has 20 heavy (non-hydrogen) atoms. The molecule has 112 valence electrons. The summed E-state index contributed by atoms with van der Waals surface area (Å²) >= 11 is 0. The first kappa shape index (κ1) is 16.5. The van der Waals surface area contributed by atoms with Gasteiger partial charge in [0.25, 0.3) is 0 Å². The lowest BCUT2D eigenvalue weighted by molar-refractivity contribution is -0.121. The van der Waals surface area contributed by atoms with Gasteiger partial charge in [-0.25, -0.2) is 0 Å². The Labute approximate surface area is 121 Å². The highest BCUT2D eigenvalue weighted by Gasteiger charge is 2.20. The molecule has 0 spiro atoms. The number of carbonyl (C=O) groups is 1. The maximum absolute atomic E-state index is 11.8. The molecule has 0 aromatic heterocycles. The van der Waals surface area contributed by atoms with Gasteiger partial charge in [-0.1, -0.05) is 32.0 Å². The molecule has 1 unspecified atom stereocenters. The molecule has 0 saturated carbocycles. The lowest BCUT2D eigenvalue weighted by Crippen LogP contribution is -2.35. The van der Waals surface area contributed by atoms with Crippen molar-refractivity contribution in [2.75, 3.05) is 12.3 Å². The van der Waals surface area contributed by atoms with Crippen molar-refractivity contribution < 1.29 is 9.90 Å². The van der Waals surface area contributed by atoms with Gasteiger partial charge < -0.3 is 16.2 Å². The topological polar surface area (TPSA) is 75.3 Å². The number of carbonyl (C=O) groups excluding carboxylic acids is 1. The fourth-order valence-corrected chi connectivity index (χ4v) is 2.31. The Morgan fingerprint density at radius 1 is 1.40 bits per heavy atom. The summed E-state index contributed by atoms with van der Waals surface area (Å²) < 4.78 is 0. The summed E-state index contributed by atoms with van der Waals surface area (Å²) in [6.07, 6.45) is 1.39. The largest absolute Gasteiger partial charge is 0.399 e. The normalized spacial score (nSPS) is 13.0. The molecule has 1 aromatic carbocycles. The van der Waals surface area contributed by atoms with Crippen molar-refractivity contribution in [2.24, 2.45) is 5.41 Å². The van der Waals surface area contributed by atoms with Gasteiger partial charge in [0.05, 0.1) is 6.10 Å². The van der Waals surface area contributed by atoms with Gasteiger partial charge >= 0.3 is 0 Å². The van der Waals surface area contributed by atoms with Crippen LogP contribution in [-0.2, 0) is 11.2 Å². The van der Waals surface area contributed by atoms with Crippen LogP contribution in [-0.4, -0.2) is 23.7 Å². The molecule has 0 aliphatic heterocycles. The number of aliphatic hydroxyl groups is 1. The maximum atomic E-state index is 11.8. The van der Waals surface area contributed by atoms with Gasteiger partial charge in [0.1, 0.15) is 0 Å². The van der Waals surface area contributed by atoms with Crippen molar-refractivity contribution in [1.82, 2.24) is 5.32 Å². The van der Waals surface area contributed by atoms with E-state index in [4.69, 9.17) is 5.73 Å². The van der Waals surface area contributed by atoms with E-state index in [1.165, 1.54) is 0 Å². The Morgan fingerprint density at radius 2 is 2.05 bits per heavy atom. The zero-order valence-electron chi connectivity index (χ0n) is 12.6. The van der Waals surface area contributed by atoms with Crippen LogP contribution < -0.4 is 11.1 Å². The molecule has 0 bridgehead atoms. The number of hydrogen-bond acceptors (Lipinski definition) is 3. The SMILES string of the molecule is CC(O)CC(C)(C)CNC(=O)CCc1ccccc1N. The van der Waals surface area contributed by atoms with Crippen molar-refractivity contribution in [2.45, 2.75) is 46.1 Å². The number of hydrogen-bond donors (Lipinski definition) is 3. The highest BCUT2D eigenvalue weighted by molar-refractivity contribution is 5.76. The molecule has 1 amide bonds. The first-order chi connectivity index (χ1) is 9.30. The third kappa shape index (κ3) is 6.06. The molecule has 0 heterocycles. The van der Waals surface area contributed by atoms with E-state index in [9.17, 15) is 9.90 Å². The first-order valence-corrected chi connectivity index (χ1v) is 7.08. The number of para-hydroxylation sites is 1. The minimum Gasteiger partial charge on any atom is -0.399 e. The molecule has 0 fully saturated rings. The molecule has 0 radical (unpaired) electrons. The van der Waals surface area contributed by atoms with E-state index in [1.807, 2.05) is 38.1 Å². The zero-order chi connectivity index (χ0) is 15.2. The quantitative estimate of drug-likeness (QED) is 0.669. The van der Waals surface area contributed by atoms with Crippen LogP contribution in [0.2, 0.25) is 0 Å². The third-order valence-corrected chi connectivity index (χ3v) is 3.29. The number of benzene rings is 1. The predicted molar refractivity (Wildman–Crippen MR) is 82.3 cm³/mol. The molecule has 0 aliphatic carbocycles.